The molecule has 1 unspecified atom stereocenters. The zero-order valence-electron chi connectivity index (χ0n) is 14.9. The summed E-state index contributed by atoms with van der Waals surface area (Å²) in [6.07, 6.45) is -3.70. The third-order valence-electron chi connectivity index (χ3n) is 4.21. The topological polar surface area (TPSA) is 78.5 Å². The molecule has 3 amide bonds. The van der Waals surface area contributed by atoms with Crippen LogP contribution in [0.5, 0.6) is 0 Å². The van der Waals surface area contributed by atoms with Crippen molar-refractivity contribution in [2.45, 2.75) is 32.5 Å². The van der Waals surface area contributed by atoms with E-state index in [1.165, 1.54) is 17.0 Å². The lowest BCUT2D eigenvalue weighted by molar-refractivity contribution is -0.137. The van der Waals surface area contributed by atoms with Gasteiger partial charge in [0.15, 0.2) is 0 Å². The highest BCUT2D eigenvalue weighted by molar-refractivity contribution is 5.91. The van der Waals surface area contributed by atoms with E-state index in [1.807, 2.05) is 6.92 Å². The Labute approximate surface area is 155 Å². The van der Waals surface area contributed by atoms with Gasteiger partial charge < -0.3 is 15.5 Å². The minimum absolute atomic E-state index is 0.00349. The molecule has 2 rings (SSSR count). The van der Waals surface area contributed by atoms with Crippen molar-refractivity contribution < 1.29 is 27.6 Å². The number of carbonyl (C=O) groups is 3. The van der Waals surface area contributed by atoms with Crippen LogP contribution in [0.1, 0.15) is 30.9 Å². The van der Waals surface area contributed by atoms with Gasteiger partial charge in [-0.3, -0.25) is 14.4 Å². The molecule has 1 aromatic rings. The Morgan fingerprint density at radius 2 is 2.00 bits per heavy atom. The van der Waals surface area contributed by atoms with Crippen LogP contribution >= 0.6 is 0 Å². The summed E-state index contributed by atoms with van der Waals surface area (Å²) in [6.45, 7) is 2.36. The van der Waals surface area contributed by atoms with Gasteiger partial charge in [-0.05, 0) is 24.1 Å². The fraction of sp³-hybridized carbons (Fsp3) is 0.500. The molecule has 1 saturated heterocycles. The number of amides is 3. The number of nitrogens with zero attached hydrogens (tertiary/aromatic N) is 1. The zero-order chi connectivity index (χ0) is 20.0. The molecule has 0 bridgehead atoms. The van der Waals surface area contributed by atoms with Gasteiger partial charge in [0.2, 0.25) is 17.7 Å². The standard InChI is InChI=1S/C18H22F3N3O3/c1-2-6-22-15(25)9-23-17(27)13-8-16(26)24(11-13)10-12-4-3-5-14(7-12)18(19,20)21/h3-5,7,13H,2,6,8-11H2,1H3,(H,22,25)(H,23,27). The summed E-state index contributed by atoms with van der Waals surface area (Å²) >= 11 is 0. The lowest BCUT2D eigenvalue weighted by atomic mass is 10.1. The predicted octanol–water partition coefficient (Wildman–Crippen LogP) is 1.70. The number of halogens is 3. The van der Waals surface area contributed by atoms with E-state index in [0.29, 0.717) is 12.1 Å². The van der Waals surface area contributed by atoms with Crippen LogP contribution in [0, 0.1) is 5.92 Å². The molecule has 1 fully saturated rings. The van der Waals surface area contributed by atoms with Gasteiger partial charge in [0, 0.05) is 26.1 Å². The summed E-state index contributed by atoms with van der Waals surface area (Å²) < 4.78 is 38.4. The van der Waals surface area contributed by atoms with Gasteiger partial charge in [-0.1, -0.05) is 19.1 Å². The molecule has 1 heterocycles. The number of alkyl halides is 3. The lowest BCUT2D eigenvalue weighted by Crippen LogP contribution is -2.40. The van der Waals surface area contributed by atoms with Crippen LogP contribution in [0.4, 0.5) is 13.2 Å². The maximum absolute atomic E-state index is 12.8. The molecule has 1 aliphatic heterocycles. The van der Waals surface area contributed by atoms with Crippen LogP contribution in [-0.4, -0.2) is 42.3 Å². The second kappa shape index (κ2) is 8.88. The first kappa shape index (κ1) is 20.7. The van der Waals surface area contributed by atoms with Crippen LogP contribution in [0.25, 0.3) is 0 Å². The van der Waals surface area contributed by atoms with E-state index in [2.05, 4.69) is 10.6 Å². The van der Waals surface area contributed by atoms with Gasteiger partial charge in [-0.2, -0.15) is 13.2 Å². The van der Waals surface area contributed by atoms with E-state index in [4.69, 9.17) is 0 Å². The maximum Gasteiger partial charge on any atom is 0.416 e. The molecule has 27 heavy (non-hydrogen) atoms. The number of hydrogen-bond acceptors (Lipinski definition) is 3. The number of likely N-dealkylation sites (tertiary alicyclic amines) is 1. The van der Waals surface area contributed by atoms with Crippen LogP contribution in [0.2, 0.25) is 0 Å². The predicted molar refractivity (Wildman–Crippen MR) is 91.3 cm³/mol. The Morgan fingerprint density at radius 3 is 2.67 bits per heavy atom. The monoisotopic (exact) mass is 385 g/mol. The van der Waals surface area contributed by atoms with Crippen molar-refractivity contribution in [2.75, 3.05) is 19.6 Å². The molecule has 148 valence electrons. The Bertz CT molecular complexity index is 707. The van der Waals surface area contributed by atoms with Gasteiger partial charge in [-0.25, -0.2) is 0 Å². The zero-order valence-corrected chi connectivity index (χ0v) is 14.9. The largest absolute Gasteiger partial charge is 0.416 e. The first-order valence-corrected chi connectivity index (χ1v) is 8.69. The van der Waals surface area contributed by atoms with Crippen molar-refractivity contribution in [3.8, 4) is 0 Å². The molecule has 2 N–H and O–H groups in total. The number of benzene rings is 1. The number of nitrogens with one attached hydrogen (secondary N) is 2. The Hall–Kier alpha value is -2.58. The Kier molecular flexibility index (Phi) is 6.81. The van der Waals surface area contributed by atoms with E-state index >= 15 is 0 Å². The molecule has 1 atom stereocenters. The van der Waals surface area contributed by atoms with Gasteiger partial charge in [0.1, 0.15) is 0 Å². The second-order valence-corrected chi connectivity index (χ2v) is 6.44. The molecule has 0 aromatic heterocycles. The van der Waals surface area contributed by atoms with E-state index in [9.17, 15) is 27.6 Å². The fourth-order valence-corrected chi connectivity index (χ4v) is 2.81. The molecule has 9 heteroatoms. The Morgan fingerprint density at radius 1 is 1.26 bits per heavy atom. The molecular formula is C18H22F3N3O3. The van der Waals surface area contributed by atoms with E-state index in [-0.39, 0.29) is 37.9 Å². The summed E-state index contributed by atoms with van der Waals surface area (Å²) in [7, 11) is 0. The fourth-order valence-electron chi connectivity index (χ4n) is 2.81. The van der Waals surface area contributed by atoms with Crippen molar-refractivity contribution in [1.82, 2.24) is 15.5 Å². The summed E-state index contributed by atoms with van der Waals surface area (Å²) in [5, 5.41) is 5.11. The SMILES string of the molecule is CCCNC(=O)CNC(=O)C1CC(=O)N(Cc2cccc(C(F)(F)F)c2)C1. The molecule has 0 saturated carbocycles. The number of hydrogen-bond donors (Lipinski definition) is 2. The van der Waals surface area contributed by atoms with Crippen molar-refractivity contribution in [2.24, 2.45) is 5.92 Å². The normalized spacial score (nSPS) is 17.1. The van der Waals surface area contributed by atoms with Crippen molar-refractivity contribution in [1.29, 1.82) is 0 Å². The molecule has 0 radical (unpaired) electrons. The maximum atomic E-state index is 12.8. The van der Waals surface area contributed by atoms with Crippen molar-refractivity contribution in [3.63, 3.8) is 0 Å². The first-order valence-electron chi connectivity index (χ1n) is 8.69. The van der Waals surface area contributed by atoms with E-state index in [0.717, 1.165) is 18.6 Å². The Balaban J connectivity index is 1.90. The summed E-state index contributed by atoms with van der Waals surface area (Å²) in [5.74, 6) is -1.65. The van der Waals surface area contributed by atoms with Crippen molar-refractivity contribution >= 4 is 17.7 Å². The third kappa shape index (κ3) is 5.97. The highest BCUT2D eigenvalue weighted by atomic mass is 19.4. The summed E-state index contributed by atoms with van der Waals surface area (Å²) in [5.41, 5.74) is -0.433. The van der Waals surface area contributed by atoms with Gasteiger partial charge in [0.05, 0.1) is 18.0 Å². The molecular weight excluding hydrogens is 363 g/mol. The third-order valence-corrected chi connectivity index (χ3v) is 4.21. The van der Waals surface area contributed by atoms with Crippen LogP contribution < -0.4 is 10.6 Å². The number of carbonyl (C=O) groups excluding carboxylic acids is 3. The van der Waals surface area contributed by atoms with Gasteiger partial charge >= 0.3 is 6.18 Å². The van der Waals surface area contributed by atoms with Crippen LogP contribution in [-0.2, 0) is 27.1 Å². The van der Waals surface area contributed by atoms with Crippen LogP contribution in [0.3, 0.4) is 0 Å². The van der Waals surface area contributed by atoms with Crippen LogP contribution in [0.15, 0.2) is 24.3 Å². The highest BCUT2D eigenvalue weighted by Crippen LogP contribution is 2.30. The minimum Gasteiger partial charge on any atom is -0.355 e. The average Bonchev–Trinajstić information content (AvgIpc) is 2.98. The minimum atomic E-state index is -4.45. The average molecular weight is 385 g/mol. The smallest absolute Gasteiger partial charge is 0.355 e. The highest BCUT2D eigenvalue weighted by Gasteiger charge is 2.35. The molecule has 0 aliphatic carbocycles. The number of rotatable bonds is 7. The van der Waals surface area contributed by atoms with E-state index < -0.39 is 23.6 Å². The molecule has 0 spiro atoms. The molecule has 1 aliphatic rings. The quantitative estimate of drug-likeness (QED) is 0.750. The molecule has 6 nitrogen and oxygen atoms in total. The van der Waals surface area contributed by atoms with E-state index in [1.54, 1.807) is 0 Å². The molecule has 1 aromatic carbocycles. The lowest BCUT2D eigenvalue weighted by Gasteiger charge is -2.17. The summed E-state index contributed by atoms with van der Waals surface area (Å²) in [4.78, 5) is 37.1. The van der Waals surface area contributed by atoms with Crippen molar-refractivity contribution in [3.05, 3.63) is 35.4 Å². The van der Waals surface area contributed by atoms with Gasteiger partial charge in [-0.15, -0.1) is 0 Å². The van der Waals surface area contributed by atoms with Gasteiger partial charge in [0.25, 0.3) is 0 Å². The first-order chi connectivity index (χ1) is 12.7. The summed E-state index contributed by atoms with van der Waals surface area (Å²) in [6, 6.07) is 4.76. The second-order valence-electron chi connectivity index (χ2n) is 6.44.